The van der Waals surface area contributed by atoms with Crippen molar-refractivity contribution >= 4 is 11.7 Å². The fourth-order valence-corrected chi connectivity index (χ4v) is 1.96. The van der Waals surface area contributed by atoms with Gasteiger partial charge in [-0.2, -0.15) is 0 Å². The Morgan fingerprint density at radius 1 is 1.28 bits per heavy atom. The van der Waals surface area contributed by atoms with Crippen LogP contribution in [0.5, 0.6) is 5.75 Å². The largest absolute Gasteiger partial charge is 0.496 e. The van der Waals surface area contributed by atoms with Gasteiger partial charge in [-0.25, -0.2) is 0 Å². The summed E-state index contributed by atoms with van der Waals surface area (Å²) in [5.41, 5.74) is 3.10. The van der Waals surface area contributed by atoms with Crippen LogP contribution in [-0.4, -0.2) is 33.3 Å². The molecule has 18 heavy (non-hydrogen) atoms. The molecule has 0 aliphatic rings. The second kappa shape index (κ2) is 6.28. The lowest BCUT2D eigenvalue weighted by Gasteiger charge is -2.20. The first kappa shape index (κ1) is 14.4. The molecule has 0 spiro atoms. The lowest BCUT2D eigenvalue weighted by atomic mass is 10.1. The molecule has 0 fully saturated rings. The number of hydrogen-bond acceptors (Lipinski definition) is 4. The van der Waals surface area contributed by atoms with Crippen molar-refractivity contribution in [2.45, 2.75) is 20.8 Å². The van der Waals surface area contributed by atoms with Crippen LogP contribution in [0.2, 0.25) is 0 Å². The number of rotatable bonds is 5. The van der Waals surface area contributed by atoms with Crippen LogP contribution in [0.25, 0.3) is 0 Å². The van der Waals surface area contributed by atoms with Gasteiger partial charge in [0, 0.05) is 12.7 Å². The molecule has 0 aliphatic carbocycles. The van der Waals surface area contributed by atoms with Crippen LogP contribution in [0.4, 0.5) is 5.69 Å². The third kappa shape index (κ3) is 3.39. The summed E-state index contributed by atoms with van der Waals surface area (Å²) in [5.74, 6) is 0.675. The minimum Gasteiger partial charge on any atom is -0.496 e. The van der Waals surface area contributed by atoms with Gasteiger partial charge in [0.05, 0.1) is 13.7 Å². The average molecular weight is 251 g/mol. The molecule has 0 aliphatic heterocycles. The van der Waals surface area contributed by atoms with Crippen molar-refractivity contribution in [2.75, 3.05) is 32.2 Å². The zero-order valence-electron chi connectivity index (χ0n) is 11.7. The Morgan fingerprint density at radius 3 is 2.28 bits per heavy atom. The number of carbonyl (C=O) groups is 1. The van der Waals surface area contributed by atoms with Crippen LogP contribution < -0.4 is 9.64 Å². The Bertz CT molecular complexity index is 406. The number of carbonyl (C=O) groups excluding carboxylic acids is 1. The zero-order valence-corrected chi connectivity index (χ0v) is 11.7. The van der Waals surface area contributed by atoms with Gasteiger partial charge < -0.3 is 14.4 Å². The number of ether oxygens (including phenoxy) is 2. The highest BCUT2D eigenvalue weighted by Gasteiger charge is 2.11. The highest BCUT2D eigenvalue weighted by molar-refractivity contribution is 5.76. The van der Waals surface area contributed by atoms with Crippen LogP contribution in [0.15, 0.2) is 12.1 Å². The summed E-state index contributed by atoms with van der Waals surface area (Å²) in [4.78, 5) is 13.3. The molecule has 0 heterocycles. The van der Waals surface area contributed by atoms with E-state index in [0.717, 1.165) is 22.6 Å². The molecule has 4 nitrogen and oxygen atoms in total. The van der Waals surface area contributed by atoms with E-state index in [2.05, 4.69) is 0 Å². The van der Waals surface area contributed by atoms with E-state index in [1.165, 1.54) is 0 Å². The maximum absolute atomic E-state index is 11.4. The molecule has 0 aromatic heterocycles. The Kier molecular flexibility index (Phi) is 5.01. The molecule has 1 rings (SSSR count). The van der Waals surface area contributed by atoms with Gasteiger partial charge in [0.15, 0.2) is 0 Å². The number of benzene rings is 1. The molecule has 1 aromatic carbocycles. The number of aryl methyl sites for hydroxylation is 2. The van der Waals surface area contributed by atoms with E-state index in [4.69, 9.17) is 9.47 Å². The summed E-state index contributed by atoms with van der Waals surface area (Å²) < 4.78 is 10.3. The highest BCUT2D eigenvalue weighted by Crippen LogP contribution is 2.28. The topological polar surface area (TPSA) is 38.8 Å². The molecular formula is C14H21NO3. The Labute approximate surface area is 108 Å². The maximum Gasteiger partial charge on any atom is 0.325 e. The van der Waals surface area contributed by atoms with Gasteiger partial charge in [0.2, 0.25) is 0 Å². The molecule has 0 atom stereocenters. The minimum absolute atomic E-state index is 0.217. The van der Waals surface area contributed by atoms with E-state index >= 15 is 0 Å². The summed E-state index contributed by atoms with van der Waals surface area (Å²) in [6.45, 7) is 6.45. The second-order valence-electron chi connectivity index (χ2n) is 4.27. The van der Waals surface area contributed by atoms with Crippen molar-refractivity contribution in [1.29, 1.82) is 0 Å². The lowest BCUT2D eigenvalue weighted by Crippen LogP contribution is -2.27. The number of esters is 1. The van der Waals surface area contributed by atoms with Gasteiger partial charge in [0.25, 0.3) is 0 Å². The normalized spacial score (nSPS) is 10.1. The van der Waals surface area contributed by atoms with Crippen LogP contribution in [0, 0.1) is 13.8 Å². The number of anilines is 1. The summed E-state index contributed by atoms with van der Waals surface area (Å²) >= 11 is 0. The minimum atomic E-state index is -0.217. The molecule has 4 heteroatoms. The van der Waals surface area contributed by atoms with E-state index in [1.54, 1.807) is 14.0 Å². The molecule has 0 saturated carbocycles. The van der Waals surface area contributed by atoms with Crippen LogP contribution in [-0.2, 0) is 9.53 Å². The summed E-state index contributed by atoms with van der Waals surface area (Å²) in [5, 5.41) is 0. The molecular weight excluding hydrogens is 230 g/mol. The van der Waals surface area contributed by atoms with E-state index in [9.17, 15) is 4.79 Å². The van der Waals surface area contributed by atoms with Gasteiger partial charge >= 0.3 is 5.97 Å². The second-order valence-corrected chi connectivity index (χ2v) is 4.27. The van der Waals surface area contributed by atoms with E-state index in [-0.39, 0.29) is 12.5 Å². The van der Waals surface area contributed by atoms with Crippen molar-refractivity contribution in [2.24, 2.45) is 0 Å². The van der Waals surface area contributed by atoms with Crippen molar-refractivity contribution in [3.8, 4) is 5.75 Å². The van der Waals surface area contributed by atoms with Crippen molar-refractivity contribution in [3.63, 3.8) is 0 Å². The standard InChI is InChI=1S/C14H21NO3/c1-6-18-13(16)9-15(4)12-7-10(2)14(17-5)11(3)8-12/h7-8H,6,9H2,1-5H3. The highest BCUT2D eigenvalue weighted by atomic mass is 16.5. The fraction of sp³-hybridized carbons (Fsp3) is 0.500. The van der Waals surface area contributed by atoms with Crippen molar-refractivity contribution in [3.05, 3.63) is 23.3 Å². The smallest absolute Gasteiger partial charge is 0.325 e. The quantitative estimate of drug-likeness (QED) is 0.753. The lowest BCUT2D eigenvalue weighted by molar-refractivity contribution is -0.141. The van der Waals surface area contributed by atoms with Crippen molar-refractivity contribution in [1.82, 2.24) is 0 Å². The van der Waals surface area contributed by atoms with E-state index in [0.29, 0.717) is 6.61 Å². The number of likely N-dealkylation sites (N-methyl/N-ethyl adjacent to an activating group) is 1. The van der Waals surface area contributed by atoms with Gasteiger partial charge in [-0.1, -0.05) is 0 Å². The SMILES string of the molecule is CCOC(=O)CN(C)c1cc(C)c(OC)c(C)c1. The zero-order chi connectivity index (χ0) is 13.7. The molecule has 0 amide bonds. The fourth-order valence-electron chi connectivity index (χ4n) is 1.96. The number of hydrogen-bond donors (Lipinski definition) is 0. The van der Waals surface area contributed by atoms with E-state index < -0.39 is 0 Å². The van der Waals surface area contributed by atoms with E-state index in [1.807, 2.05) is 37.9 Å². The molecule has 1 aromatic rings. The Morgan fingerprint density at radius 2 is 1.83 bits per heavy atom. The third-order valence-electron chi connectivity index (χ3n) is 2.76. The predicted molar refractivity (Wildman–Crippen MR) is 72.4 cm³/mol. The first-order valence-corrected chi connectivity index (χ1v) is 6.01. The molecule has 0 N–H and O–H groups in total. The maximum atomic E-state index is 11.4. The Hall–Kier alpha value is -1.71. The van der Waals surface area contributed by atoms with Gasteiger partial charge in [0.1, 0.15) is 12.3 Å². The molecule has 0 saturated heterocycles. The third-order valence-corrected chi connectivity index (χ3v) is 2.76. The number of nitrogens with zero attached hydrogens (tertiary/aromatic N) is 1. The van der Waals surface area contributed by atoms with Crippen LogP contribution in [0.1, 0.15) is 18.1 Å². The van der Waals surface area contributed by atoms with Gasteiger partial charge in [-0.05, 0) is 44.0 Å². The Balaban J connectivity index is 2.87. The van der Waals surface area contributed by atoms with Gasteiger partial charge in [-0.3, -0.25) is 4.79 Å². The molecule has 0 unspecified atom stereocenters. The number of methoxy groups -OCH3 is 1. The van der Waals surface area contributed by atoms with Crippen LogP contribution in [0.3, 0.4) is 0 Å². The molecule has 0 bridgehead atoms. The first-order chi connectivity index (χ1) is 8.49. The average Bonchev–Trinajstić information content (AvgIpc) is 2.28. The first-order valence-electron chi connectivity index (χ1n) is 6.01. The summed E-state index contributed by atoms with van der Waals surface area (Å²) in [6, 6.07) is 4.01. The summed E-state index contributed by atoms with van der Waals surface area (Å²) in [6.07, 6.45) is 0. The molecule has 0 radical (unpaired) electrons. The van der Waals surface area contributed by atoms with Gasteiger partial charge in [-0.15, -0.1) is 0 Å². The monoisotopic (exact) mass is 251 g/mol. The predicted octanol–water partition coefficient (Wildman–Crippen LogP) is 2.31. The molecule has 100 valence electrons. The summed E-state index contributed by atoms with van der Waals surface area (Å²) in [7, 11) is 3.54. The van der Waals surface area contributed by atoms with Crippen LogP contribution >= 0.6 is 0 Å². The van der Waals surface area contributed by atoms with Crippen molar-refractivity contribution < 1.29 is 14.3 Å².